The summed E-state index contributed by atoms with van der Waals surface area (Å²) < 4.78 is 0. The van der Waals surface area contributed by atoms with Crippen LogP contribution in [0.2, 0.25) is 0 Å². The molecule has 0 radical (unpaired) electrons. The Hall–Kier alpha value is -0.120. The Labute approximate surface area is 125 Å². The van der Waals surface area contributed by atoms with Gasteiger partial charge in [-0.15, -0.1) is 0 Å². The summed E-state index contributed by atoms with van der Waals surface area (Å²) in [5, 5.41) is 10.3. The van der Waals surface area contributed by atoms with E-state index in [4.69, 9.17) is 0 Å². The van der Waals surface area contributed by atoms with Gasteiger partial charge < -0.3 is 5.11 Å². The second-order valence-electron chi connectivity index (χ2n) is 8.11. The molecule has 3 nitrogen and oxygen atoms in total. The third kappa shape index (κ3) is 3.75. The first-order chi connectivity index (χ1) is 9.29. The van der Waals surface area contributed by atoms with Crippen molar-refractivity contribution in [1.29, 1.82) is 0 Å². The van der Waals surface area contributed by atoms with Crippen LogP contribution in [0.5, 0.6) is 0 Å². The maximum Gasteiger partial charge on any atom is 0.0580 e. The van der Waals surface area contributed by atoms with E-state index >= 15 is 0 Å². The van der Waals surface area contributed by atoms with Crippen LogP contribution in [0.25, 0.3) is 0 Å². The van der Waals surface area contributed by atoms with E-state index in [1.807, 2.05) is 0 Å². The van der Waals surface area contributed by atoms with E-state index in [-0.39, 0.29) is 11.6 Å². The minimum absolute atomic E-state index is 0.0761. The van der Waals surface area contributed by atoms with Gasteiger partial charge in [0.15, 0.2) is 0 Å². The minimum Gasteiger partial charge on any atom is -0.393 e. The van der Waals surface area contributed by atoms with E-state index in [1.165, 1.54) is 12.8 Å². The standard InChI is InChI=1S/C17H34N2O/c1-13(2)14-6-7-16(20)15(10-14)11-19-9-8-18(5)17(3,4)12-19/h13-16,20H,6-12H2,1-5H3. The summed E-state index contributed by atoms with van der Waals surface area (Å²) in [6.07, 6.45) is 3.35. The summed E-state index contributed by atoms with van der Waals surface area (Å²) in [6.45, 7) is 13.8. The molecular weight excluding hydrogens is 248 g/mol. The second kappa shape index (κ2) is 6.33. The zero-order chi connectivity index (χ0) is 14.9. The maximum atomic E-state index is 10.3. The van der Waals surface area contributed by atoms with Gasteiger partial charge in [0.25, 0.3) is 0 Å². The van der Waals surface area contributed by atoms with Gasteiger partial charge in [0.05, 0.1) is 6.10 Å². The van der Waals surface area contributed by atoms with Crippen molar-refractivity contribution in [2.75, 3.05) is 33.2 Å². The minimum atomic E-state index is -0.0761. The van der Waals surface area contributed by atoms with Crippen LogP contribution in [0.15, 0.2) is 0 Å². The molecule has 0 spiro atoms. The van der Waals surface area contributed by atoms with Gasteiger partial charge in [-0.1, -0.05) is 13.8 Å². The maximum absolute atomic E-state index is 10.3. The molecule has 1 N–H and O–H groups in total. The molecule has 0 amide bonds. The van der Waals surface area contributed by atoms with Crippen LogP contribution in [0, 0.1) is 17.8 Å². The lowest BCUT2D eigenvalue weighted by molar-refractivity contribution is -0.0130. The molecule has 3 heteroatoms. The highest BCUT2D eigenvalue weighted by atomic mass is 16.3. The van der Waals surface area contributed by atoms with Crippen molar-refractivity contribution >= 4 is 0 Å². The first-order valence-electron chi connectivity index (χ1n) is 8.41. The fourth-order valence-corrected chi connectivity index (χ4v) is 3.91. The molecule has 1 aliphatic carbocycles. The van der Waals surface area contributed by atoms with Crippen LogP contribution in [0.3, 0.4) is 0 Å². The lowest BCUT2D eigenvalue weighted by Crippen LogP contribution is -2.58. The van der Waals surface area contributed by atoms with Gasteiger partial charge in [-0.25, -0.2) is 0 Å². The van der Waals surface area contributed by atoms with Gasteiger partial charge >= 0.3 is 0 Å². The van der Waals surface area contributed by atoms with Crippen LogP contribution in [-0.2, 0) is 0 Å². The van der Waals surface area contributed by atoms with Crippen LogP contribution in [-0.4, -0.2) is 59.8 Å². The molecule has 0 bridgehead atoms. The average molecular weight is 282 g/mol. The summed E-state index contributed by atoms with van der Waals surface area (Å²) in [6, 6.07) is 0. The summed E-state index contributed by atoms with van der Waals surface area (Å²) in [5.74, 6) is 2.05. The van der Waals surface area contributed by atoms with Gasteiger partial charge in [-0.05, 0) is 57.9 Å². The number of piperazine rings is 1. The van der Waals surface area contributed by atoms with Gasteiger partial charge in [-0.3, -0.25) is 9.80 Å². The molecular formula is C17H34N2O. The topological polar surface area (TPSA) is 26.7 Å². The van der Waals surface area contributed by atoms with Crippen molar-refractivity contribution in [2.45, 2.75) is 58.6 Å². The monoisotopic (exact) mass is 282 g/mol. The Kier molecular flexibility index (Phi) is 5.14. The molecule has 0 aromatic heterocycles. The average Bonchev–Trinajstić information content (AvgIpc) is 2.36. The van der Waals surface area contributed by atoms with Crippen molar-refractivity contribution in [3.63, 3.8) is 0 Å². The number of hydrogen-bond acceptors (Lipinski definition) is 3. The van der Waals surface area contributed by atoms with Crippen LogP contribution >= 0.6 is 0 Å². The molecule has 3 unspecified atom stereocenters. The lowest BCUT2D eigenvalue weighted by atomic mass is 9.74. The zero-order valence-corrected chi connectivity index (χ0v) is 14.1. The van der Waals surface area contributed by atoms with E-state index in [0.717, 1.165) is 44.4 Å². The lowest BCUT2D eigenvalue weighted by Gasteiger charge is -2.47. The van der Waals surface area contributed by atoms with Gasteiger partial charge in [0.2, 0.25) is 0 Å². The molecule has 118 valence electrons. The molecule has 1 aliphatic heterocycles. The highest BCUT2D eigenvalue weighted by molar-refractivity contribution is 4.91. The second-order valence-corrected chi connectivity index (χ2v) is 8.11. The third-order valence-corrected chi connectivity index (χ3v) is 5.81. The van der Waals surface area contributed by atoms with Crippen molar-refractivity contribution in [2.24, 2.45) is 17.8 Å². The van der Waals surface area contributed by atoms with E-state index in [1.54, 1.807) is 0 Å². The van der Waals surface area contributed by atoms with Gasteiger partial charge in [0, 0.05) is 31.7 Å². The molecule has 20 heavy (non-hydrogen) atoms. The Morgan fingerprint density at radius 1 is 1.20 bits per heavy atom. The number of hydrogen-bond donors (Lipinski definition) is 1. The Balaban J connectivity index is 1.91. The van der Waals surface area contributed by atoms with Crippen LogP contribution < -0.4 is 0 Å². The molecule has 2 fully saturated rings. The Morgan fingerprint density at radius 2 is 1.90 bits per heavy atom. The first kappa shape index (κ1) is 16.3. The summed E-state index contributed by atoms with van der Waals surface area (Å²) in [7, 11) is 2.22. The molecule has 2 rings (SSSR count). The van der Waals surface area contributed by atoms with E-state index in [2.05, 4.69) is 44.5 Å². The fraction of sp³-hybridized carbons (Fsp3) is 1.00. The smallest absolute Gasteiger partial charge is 0.0580 e. The molecule has 3 atom stereocenters. The molecule has 1 saturated carbocycles. The van der Waals surface area contributed by atoms with Crippen molar-refractivity contribution in [3.05, 3.63) is 0 Å². The fourth-order valence-electron chi connectivity index (χ4n) is 3.91. The summed E-state index contributed by atoms with van der Waals surface area (Å²) in [4.78, 5) is 5.04. The molecule has 1 heterocycles. The van der Waals surface area contributed by atoms with E-state index < -0.39 is 0 Å². The van der Waals surface area contributed by atoms with Gasteiger partial charge in [-0.2, -0.15) is 0 Å². The van der Waals surface area contributed by atoms with Crippen molar-refractivity contribution in [3.8, 4) is 0 Å². The zero-order valence-electron chi connectivity index (χ0n) is 14.1. The van der Waals surface area contributed by atoms with Gasteiger partial charge in [0.1, 0.15) is 0 Å². The normalized spacial score (nSPS) is 36.5. The van der Waals surface area contributed by atoms with E-state index in [9.17, 15) is 5.11 Å². The SMILES string of the molecule is CC(C)C1CCC(O)C(CN2CCN(C)C(C)(C)C2)C1. The largest absolute Gasteiger partial charge is 0.393 e. The number of aliphatic hydroxyl groups is 1. The number of rotatable bonds is 3. The molecule has 2 aliphatic rings. The summed E-state index contributed by atoms with van der Waals surface area (Å²) in [5.41, 5.74) is 0.259. The van der Waals surface area contributed by atoms with Crippen molar-refractivity contribution < 1.29 is 5.11 Å². The van der Waals surface area contributed by atoms with E-state index in [0.29, 0.717) is 5.92 Å². The number of likely N-dealkylation sites (N-methyl/N-ethyl adjacent to an activating group) is 1. The van der Waals surface area contributed by atoms with Crippen molar-refractivity contribution in [1.82, 2.24) is 9.80 Å². The molecule has 1 saturated heterocycles. The highest BCUT2D eigenvalue weighted by Gasteiger charge is 2.35. The summed E-state index contributed by atoms with van der Waals surface area (Å²) >= 11 is 0. The van der Waals surface area contributed by atoms with Crippen LogP contribution in [0.4, 0.5) is 0 Å². The number of aliphatic hydroxyl groups excluding tert-OH is 1. The third-order valence-electron chi connectivity index (χ3n) is 5.81. The highest BCUT2D eigenvalue weighted by Crippen LogP contribution is 2.35. The van der Waals surface area contributed by atoms with Crippen LogP contribution in [0.1, 0.15) is 47.0 Å². The molecule has 0 aromatic rings. The molecule has 0 aromatic carbocycles. The number of nitrogens with zero attached hydrogens (tertiary/aromatic N) is 2. The first-order valence-corrected chi connectivity index (χ1v) is 8.41. The Bertz CT molecular complexity index is 316. The predicted molar refractivity (Wildman–Crippen MR) is 84.8 cm³/mol. The Morgan fingerprint density at radius 3 is 2.50 bits per heavy atom. The predicted octanol–water partition coefficient (Wildman–Crippen LogP) is 2.45. The quantitative estimate of drug-likeness (QED) is 0.861.